The minimum absolute atomic E-state index is 0.0418. The molecule has 5 rings (SSSR count). The third kappa shape index (κ3) is 5.37. The lowest BCUT2D eigenvalue weighted by Gasteiger charge is -2.30. The molecule has 0 bridgehead atoms. The Balaban J connectivity index is 1.24. The smallest absolute Gasteiger partial charge is 0.223 e. The lowest BCUT2D eigenvalue weighted by Crippen LogP contribution is -2.36. The molecule has 8 nitrogen and oxygen atoms in total. The molecule has 188 valence electrons. The summed E-state index contributed by atoms with van der Waals surface area (Å²) in [6, 6.07) is 13.1. The summed E-state index contributed by atoms with van der Waals surface area (Å²) < 4.78 is 20.6. The first-order valence-corrected chi connectivity index (χ1v) is 12.4. The van der Waals surface area contributed by atoms with Gasteiger partial charge in [0.05, 0.1) is 24.5 Å². The first-order valence-electron chi connectivity index (χ1n) is 11.6. The molecule has 3 aromatic rings. The fourth-order valence-electron chi connectivity index (χ4n) is 4.30. The van der Waals surface area contributed by atoms with E-state index in [-0.39, 0.29) is 12.0 Å². The van der Waals surface area contributed by atoms with Crippen LogP contribution in [0.25, 0.3) is 0 Å². The Hall–Kier alpha value is -3.04. The monoisotopic (exact) mass is 528 g/mol. The Bertz CT molecular complexity index is 1240. The van der Waals surface area contributed by atoms with Crippen LogP contribution < -0.4 is 9.64 Å². The molecular formula is C26H26Cl2N4O4. The quantitative estimate of drug-likeness (QED) is 0.443. The van der Waals surface area contributed by atoms with Crippen molar-refractivity contribution in [2.45, 2.75) is 25.4 Å². The lowest BCUT2D eigenvalue weighted by molar-refractivity contribution is -0.189. The van der Waals surface area contributed by atoms with Crippen molar-refractivity contribution in [3.05, 3.63) is 89.2 Å². The van der Waals surface area contributed by atoms with Gasteiger partial charge in [-0.3, -0.25) is 4.79 Å². The minimum atomic E-state index is -1.09. The molecule has 2 aliphatic rings. The average Bonchev–Trinajstić information content (AvgIpc) is 3.54. The van der Waals surface area contributed by atoms with Gasteiger partial charge < -0.3 is 28.6 Å². The molecule has 2 atom stereocenters. The van der Waals surface area contributed by atoms with Gasteiger partial charge in [-0.25, -0.2) is 4.98 Å². The van der Waals surface area contributed by atoms with Crippen molar-refractivity contribution >= 4 is 34.8 Å². The van der Waals surface area contributed by atoms with Gasteiger partial charge in [0.1, 0.15) is 18.5 Å². The first kappa shape index (κ1) is 24.6. The topological polar surface area (TPSA) is 69.1 Å². The van der Waals surface area contributed by atoms with Crippen LogP contribution in [0.15, 0.2) is 73.6 Å². The second-order valence-electron chi connectivity index (χ2n) is 8.67. The molecule has 3 heterocycles. The summed E-state index contributed by atoms with van der Waals surface area (Å²) in [5, 5.41) is 1.01. The van der Waals surface area contributed by atoms with E-state index in [2.05, 4.69) is 9.88 Å². The molecule has 0 N–H and O–H groups in total. The minimum Gasteiger partial charge on any atom is -0.491 e. The van der Waals surface area contributed by atoms with Crippen molar-refractivity contribution < 1.29 is 19.0 Å². The van der Waals surface area contributed by atoms with Gasteiger partial charge in [-0.1, -0.05) is 29.3 Å². The van der Waals surface area contributed by atoms with Crippen LogP contribution in [0.4, 0.5) is 5.69 Å². The molecule has 1 saturated heterocycles. The van der Waals surface area contributed by atoms with Crippen LogP contribution in [0.1, 0.15) is 12.5 Å². The average molecular weight is 529 g/mol. The number of hydrogen-bond donors (Lipinski definition) is 0. The molecule has 0 saturated carbocycles. The van der Waals surface area contributed by atoms with Gasteiger partial charge in [0.15, 0.2) is 0 Å². The van der Waals surface area contributed by atoms with Crippen LogP contribution >= 0.6 is 23.2 Å². The SMILES string of the molecule is CC(=O)N1C=CN(c2ccc(OCC3CO[C@](Cn4ccnc4)(c4ccc(Cl)cc4Cl)O3)cc2)CC1. The zero-order chi connectivity index (χ0) is 25.1. The number of halogens is 2. The maximum atomic E-state index is 11.5. The Labute approximate surface area is 219 Å². The number of carbonyl (C=O) groups excluding carboxylic acids is 1. The highest BCUT2D eigenvalue weighted by Gasteiger charge is 2.45. The first-order chi connectivity index (χ1) is 17.4. The largest absolute Gasteiger partial charge is 0.491 e. The van der Waals surface area contributed by atoms with Crippen LogP contribution in [0.5, 0.6) is 5.75 Å². The van der Waals surface area contributed by atoms with Crippen LogP contribution in [0, 0.1) is 0 Å². The standard InChI is InChI=1S/C26H26Cl2N4O4/c1-19(33)31-10-12-32(13-11-31)21-3-5-22(6-4-21)34-15-23-16-35-26(36-23,17-30-9-8-29-18-30)24-7-2-20(27)14-25(24)28/h2-10,12,14,18,23H,11,13,15-17H2,1H3/t23?,26-/m0/s1. The van der Waals surface area contributed by atoms with E-state index < -0.39 is 5.79 Å². The van der Waals surface area contributed by atoms with E-state index in [1.807, 2.05) is 47.3 Å². The highest BCUT2D eigenvalue weighted by Crippen LogP contribution is 2.40. The molecule has 0 aliphatic carbocycles. The van der Waals surface area contributed by atoms with Gasteiger partial charge in [0.25, 0.3) is 0 Å². The summed E-state index contributed by atoms with van der Waals surface area (Å²) in [5.41, 5.74) is 1.73. The number of ether oxygens (including phenoxy) is 3. The second-order valence-corrected chi connectivity index (χ2v) is 9.52. The summed E-state index contributed by atoms with van der Waals surface area (Å²) in [6.45, 7) is 3.99. The van der Waals surface area contributed by atoms with Gasteiger partial charge in [-0.2, -0.15) is 0 Å². The molecule has 36 heavy (non-hydrogen) atoms. The van der Waals surface area contributed by atoms with Gasteiger partial charge >= 0.3 is 0 Å². The van der Waals surface area contributed by atoms with E-state index in [1.54, 1.807) is 42.7 Å². The van der Waals surface area contributed by atoms with E-state index in [1.165, 1.54) is 0 Å². The third-order valence-corrected chi connectivity index (χ3v) is 6.72. The van der Waals surface area contributed by atoms with Crippen molar-refractivity contribution in [3.8, 4) is 5.75 Å². The highest BCUT2D eigenvalue weighted by molar-refractivity contribution is 6.35. The summed E-state index contributed by atoms with van der Waals surface area (Å²) >= 11 is 12.6. The van der Waals surface area contributed by atoms with Crippen LogP contribution in [0.2, 0.25) is 10.0 Å². The van der Waals surface area contributed by atoms with E-state index >= 15 is 0 Å². The summed E-state index contributed by atoms with van der Waals surface area (Å²) in [4.78, 5) is 19.4. The molecule has 2 aromatic carbocycles. The predicted molar refractivity (Wildman–Crippen MR) is 137 cm³/mol. The van der Waals surface area contributed by atoms with E-state index in [9.17, 15) is 4.79 Å². The highest BCUT2D eigenvalue weighted by atomic mass is 35.5. The lowest BCUT2D eigenvalue weighted by atomic mass is 10.1. The third-order valence-electron chi connectivity index (χ3n) is 6.17. The van der Waals surface area contributed by atoms with E-state index in [0.29, 0.717) is 41.9 Å². The number of hydrogen-bond acceptors (Lipinski definition) is 6. The van der Waals surface area contributed by atoms with Gasteiger partial charge in [-0.15, -0.1) is 0 Å². The van der Waals surface area contributed by atoms with Crippen molar-refractivity contribution in [2.75, 3.05) is 31.2 Å². The van der Waals surface area contributed by atoms with Crippen molar-refractivity contribution in [3.63, 3.8) is 0 Å². The zero-order valence-electron chi connectivity index (χ0n) is 19.7. The number of amides is 1. The van der Waals surface area contributed by atoms with Crippen LogP contribution in [0.3, 0.4) is 0 Å². The molecule has 1 unspecified atom stereocenters. The Morgan fingerprint density at radius 2 is 2.00 bits per heavy atom. The molecule has 2 aliphatic heterocycles. The molecule has 1 amide bonds. The maximum Gasteiger partial charge on any atom is 0.223 e. The molecular weight excluding hydrogens is 503 g/mol. The fourth-order valence-corrected chi connectivity index (χ4v) is 4.85. The summed E-state index contributed by atoms with van der Waals surface area (Å²) in [7, 11) is 0. The number of anilines is 1. The molecule has 0 radical (unpaired) electrons. The second kappa shape index (κ2) is 10.5. The van der Waals surface area contributed by atoms with E-state index in [0.717, 1.165) is 18.0 Å². The number of imidazole rings is 1. The number of nitrogens with zero attached hydrogens (tertiary/aromatic N) is 4. The summed E-state index contributed by atoms with van der Waals surface area (Å²) in [6.07, 6.45) is 8.66. The van der Waals surface area contributed by atoms with Crippen molar-refractivity contribution in [1.82, 2.24) is 14.5 Å². The van der Waals surface area contributed by atoms with Crippen LogP contribution in [-0.4, -0.2) is 52.8 Å². The fraction of sp³-hybridized carbons (Fsp3) is 0.308. The molecule has 0 spiro atoms. The molecule has 1 aromatic heterocycles. The number of benzene rings is 2. The number of carbonyl (C=O) groups is 1. The number of rotatable bonds is 7. The molecule has 10 heteroatoms. The Kier molecular flexibility index (Phi) is 7.20. The summed E-state index contributed by atoms with van der Waals surface area (Å²) in [5.74, 6) is -0.320. The van der Waals surface area contributed by atoms with Crippen LogP contribution in [-0.2, 0) is 26.6 Å². The zero-order valence-corrected chi connectivity index (χ0v) is 21.2. The number of aromatic nitrogens is 2. The van der Waals surface area contributed by atoms with Gasteiger partial charge in [0, 0.05) is 61.1 Å². The normalized spacial score (nSPS) is 21.7. The Morgan fingerprint density at radius 3 is 2.67 bits per heavy atom. The predicted octanol–water partition coefficient (Wildman–Crippen LogP) is 4.68. The van der Waals surface area contributed by atoms with E-state index in [4.69, 9.17) is 37.4 Å². The Morgan fingerprint density at radius 1 is 1.17 bits per heavy atom. The molecule has 1 fully saturated rings. The maximum absolute atomic E-state index is 11.5. The van der Waals surface area contributed by atoms with Gasteiger partial charge in [0.2, 0.25) is 11.7 Å². The van der Waals surface area contributed by atoms with Crippen molar-refractivity contribution in [1.29, 1.82) is 0 Å². The van der Waals surface area contributed by atoms with Gasteiger partial charge in [-0.05, 0) is 36.4 Å². The van der Waals surface area contributed by atoms with Crippen molar-refractivity contribution in [2.24, 2.45) is 0 Å².